The fourth-order valence-corrected chi connectivity index (χ4v) is 3.44. The molecule has 20 heavy (non-hydrogen) atoms. The summed E-state index contributed by atoms with van der Waals surface area (Å²) in [4.78, 5) is 12.2. The SMILES string of the molecule is CCC1CCC(=O)C(Cc2nn(C)c3ccccc23)C1. The first-order chi connectivity index (χ1) is 9.69. The maximum absolute atomic E-state index is 12.2. The zero-order valence-corrected chi connectivity index (χ0v) is 12.3. The van der Waals surface area contributed by atoms with Gasteiger partial charge >= 0.3 is 0 Å². The summed E-state index contributed by atoms with van der Waals surface area (Å²) in [5, 5.41) is 5.83. The van der Waals surface area contributed by atoms with Gasteiger partial charge in [-0.2, -0.15) is 5.10 Å². The van der Waals surface area contributed by atoms with Gasteiger partial charge in [0.05, 0.1) is 11.2 Å². The standard InChI is InChI=1S/C17H22N2O/c1-3-12-8-9-17(20)13(10-12)11-15-14-6-4-5-7-16(14)19(2)18-15/h4-7,12-13H,3,8-11H2,1-2H3. The highest BCUT2D eigenvalue weighted by atomic mass is 16.1. The van der Waals surface area contributed by atoms with Crippen LogP contribution in [0.15, 0.2) is 24.3 Å². The van der Waals surface area contributed by atoms with Crippen LogP contribution in [-0.2, 0) is 18.3 Å². The van der Waals surface area contributed by atoms with E-state index in [1.54, 1.807) is 0 Å². The lowest BCUT2D eigenvalue weighted by Crippen LogP contribution is -2.26. The normalized spacial score (nSPS) is 23.4. The van der Waals surface area contributed by atoms with Gasteiger partial charge in [-0.1, -0.05) is 31.5 Å². The zero-order valence-electron chi connectivity index (χ0n) is 12.3. The molecule has 2 unspecified atom stereocenters. The third kappa shape index (κ3) is 2.37. The molecule has 2 aromatic rings. The molecule has 2 atom stereocenters. The Balaban J connectivity index is 1.87. The van der Waals surface area contributed by atoms with Crippen LogP contribution >= 0.6 is 0 Å². The summed E-state index contributed by atoms with van der Waals surface area (Å²) in [5.74, 6) is 1.32. The van der Waals surface area contributed by atoms with Crippen molar-refractivity contribution in [1.29, 1.82) is 0 Å². The van der Waals surface area contributed by atoms with Gasteiger partial charge in [0.15, 0.2) is 0 Å². The maximum Gasteiger partial charge on any atom is 0.136 e. The largest absolute Gasteiger partial charge is 0.299 e. The van der Waals surface area contributed by atoms with Gasteiger partial charge in [0.2, 0.25) is 0 Å². The first-order valence-corrected chi connectivity index (χ1v) is 7.62. The Morgan fingerprint density at radius 1 is 1.35 bits per heavy atom. The molecule has 1 aliphatic rings. The topological polar surface area (TPSA) is 34.9 Å². The van der Waals surface area contributed by atoms with Crippen molar-refractivity contribution in [2.75, 3.05) is 0 Å². The summed E-state index contributed by atoms with van der Waals surface area (Å²) in [6.45, 7) is 2.23. The summed E-state index contributed by atoms with van der Waals surface area (Å²) < 4.78 is 1.93. The zero-order chi connectivity index (χ0) is 14.1. The van der Waals surface area contributed by atoms with E-state index in [1.165, 1.54) is 11.8 Å². The van der Waals surface area contributed by atoms with Gasteiger partial charge in [-0.25, -0.2) is 0 Å². The highest BCUT2D eigenvalue weighted by molar-refractivity contribution is 5.85. The summed E-state index contributed by atoms with van der Waals surface area (Å²) >= 11 is 0. The number of carbonyl (C=O) groups is 1. The van der Waals surface area contributed by atoms with Crippen LogP contribution in [0.1, 0.15) is 38.3 Å². The minimum absolute atomic E-state index is 0.173. The molecule has 1 aromatic heterocycles. The Morgan fingerprint density at radius 3 is 2.95 bits per heavy atom. The number of hydrogen-bond donors (Lipinski definition) is 0. The maximum atomic E-state index is 12.2. The molecule has 0 amide bonds. The summed E-state index contributed by atoms with van der Waals surface area (Å²) in [5.41, 5.74) is 2.23. The van der Waals surface area contributed by atoms with E-state index in [1.807, 2.05) is 23.9 Å². The molecule has 0 radical (unpaired) electrons. The molecule has 0 saturated heterocycles. The van der Waals surface area contributed by atoms with Crippen molar-refractivity contribution in [2.24, 2.45) is 18.9 Å². The fraction of sp³-hybridized carbons (Fsp3) is 0.529. The number of Topliss-reactive ketones (excluding diaryl/α,β-unsaturated/α-hetero) is 1. The lowest BCUT2D eigenvalue weighted by molar-refractivity contribution is -0.125. The second kappa shape index (κ2) is 5.39. The first kappa shape index (κ1) is 13.3. The number of aromatic nitrogens is 2. The van der Waals surface area contributed by atoms with Crippen molar-refractivity contribution < 1.29 is 4.79 Å². The van der Waals surface area contributed by atoms with Gasteiger partial charge < -0.3 is 0 Å². The van der Waals surface area contributed by atoms with Crippen molar-refractivity contribution in [3.8, 4) is 0 Å². The van der Waals surface area contributed by atoms with Crippen LogP contribution in [0.2, 0.25) is 0 Å². The molecule has 1 aliphatic carbocycles. The minimum atomic E-state index is 0.173. The van der Waals surface area contributed by atoms with Gasteiger partial charge in [-0.3, -0.25) is 9.48 Å². The second-order valence-electron chi connectivity index (χ2n) is 6.00. The molecule has 0 spiro atoms. The van der Waals surface area contributed by atoms with E-state index in [-0.39, 0.29) is 5.92 Å². The van der Waals surface area contributed by atoms with Crippen molar-refractivity contribution in [3.05, 3.63) is 30.0 Å². The van der Waals surface area contributed by atoms with E-state index < -0.39 is 0 Å². The Bertz CT molecular complexity index is 629. The van der Waals surface area contributed by atoms with Crippen molar-refractivity contribution in [3.63, 3.8) is 0 Å². The van der Waals surface area contributed by atoms with Crippen molar-refractivity contribution in [1.82, 2.24) is 9.78 Å². The van der Waals surface area contributed by atoms with Crippen molar-refractivity contribution >= 4 is 16.7 Å². The summed E-state index contributed by atoms with van der Waals surface area (Å²) in [6, 6.07) is 8.28. The van der Waals surface area contributed by atoms with Crippen LogP contribution < -0.4 is 0 Å². The molecule has 106 valence electrons. The number of rotatable bonds is 3. The molecule has 1 heterocycles. The number of aryl methyl sites for hydroxylation is 1. The fourth-order valence-electron chi connectivity index (χ4n) is 3.44. The minimum Gasteiger partial charge on any atom is -0.299 e. The molecular formula is C17H22N2O. The Labute approximate surface area is 120 Å². The molecule has 1 saturated carbocycles. The van der Waals surface area contributed by atoms with E-state index in [4.69, 9.17) is 0 Å². The first-order valence-electron chi connectivity index (χ1n) is 7.62. The lowest BCUT2D eigenvalue weighted by atomic mass is 9.77. The van der Waals surface area contributed by atoms with E-state index in [2.05, 4.69) is 24.2 Å². The van der Waals surface area contributed by atoms with Crippen LogP contribution in [-0.4, -0.2) is 15.6 Å². The van der Waals surface area contributed by atoms with Crippen LogP contribution in [0.4, 0.5) is 0 Å². The van der Waals surface area contributed by atoms with E-state index in [0.29, 0.717) is 11.7 Å². The molecule has 0 aliphatic heterocycles. The number of benzene rings is 1. The average Bonchev–Trinajstić information content (AvgIpc) is 2.78. The molecule has 3 nitrogen and oxygen atoms in total. The van der Waals surface area contributed by atoms with E-state index in [9.17, 15) is 4.79 Å². The molecular weight excluding hydrogens is 248 g/mol. The number of ketones is 1. The third-order valence-corrected chi connectivity index (χ3v) is 4.72. The summed E-state index contributed by atoms with van der Waals surface area (Å²) in [7, 11) is 1.98. The third-order valence-electron chi connectivity index (χ3n) is 4.72. The number of nitrogens with zero attached hydrogens (tertiary/aromatic N) is 2. The predicted molar refractivity (Wildman–Crippen MR) is 80.5 cm³/mol. The molecule has 1 fully saturated rings. The Hall–Kier alpha value is -1.64. The average molecular weight is 270 g/mol. The molecule has 3 rings (SSSR count). The highest BCUT2D eigenvalue weighted by Gasteiger charge is 2.29. The number of para-hydroxylation sites is 1. The number of fused-ring (bicyclic) bond motifs is 1. The Morgan fingerprint density at radius 2 is 2.15 bits per heavy atom. The lowest BCUT2D eigenvalue weighted by Gasteiger charge is -2.26. The van der Waals surface area contributed by atoms with Crippen LogP contribution in [0.25, 0.3) is 10.9 Å². The Kier molecular flexibility index (Phi) is 3.60. The highest BCUT2D eigenvalue weighted by Crippen LogP contribution is 2.32. The predicted octanol–water partition coefficient (Wildman–Crippen LogP) is 3.51. The van der Waals surface area contributed by atoms with E-state index in [0.717, 1.165) is 36.9 Å². The second-order valence-corrected chi connectivity index (χ2v) is 6.00. The summed E-state index contributed by atoms with van der Waals surface area (Å²) in [6.07, 6.45) is 4.87. The van der Waals surface area contributed by atoms with Crippen LogP contribution in [0, 0.1) is 11.8 Å². The molecule has 0 N–H and O–H groups in total. The van der Waals surface area contributed by atoms with Crippen molar-refractivity contribution in [2.45, 2.75) is 39.0 Å². The smallest absolute Gasteiger partial charge is 0.136 e. The molecule has 0 bridgehead atoms. The quantitative estimate of drug-likeness (QED) is 0.855. The van der Waals surface area contributed by atoms with Gasteiger partial charge in [-0.05, 0) is 24.8 Å². The van der Waals surface area contributed by atoms with E-state index >= 15 is 0 Å². The van der Waals surface area contributed by atoms with Crippen LogP contribution in [0.5, 0.6) is 0 Å². The number of carbonyl (C=O) groups excluding carboxylic acids is 1. The van der Waals surface area contributed by atoms with Gasteiger partial charge in [0, 0.05) is 31.2 Å². The van der Waals surface area contributed by atoms with Gasteiger partial charge in [-0.15, -0.1) is 0 Å². The van der Waals surface area contributed by atoms with Gasteiger partial charge in [0.1, 0.15) is 5.78 Å². The van der Waals surface area contributed by atoms with Gasteiger partial charge in [0.25, 0.3) is 0 Å². The molecule has 3 heteroatoms. The molecule has 1 aromatic carbocycles. The number of hydrogen-bond acceptors (Lipinski definition) is 2. The monoisotopic (exact) mass is 270 g/mol. The van der Waals surface area contributed by atoms with Crippen LogP contribution in [0.3, 0.4) is 0 Å².